The van der Waals surface area contributed by atoms with Crippen molar-refractivity contribution >= 4 is 51.3 Å². The zero-order chi connectivity index (χ0) is 14.6. The van der Waals surface area contributed by atoms with E-state index in [-0.39, 0.29) is 27.6 Å². The quantitative estimate of drug-likeness (QED) is 0.818. The van der Waals surface area contributed by atoms with Gasteiger partial charge < -0.3 is 11.1 Å². The largest absolute Gasteiger partial charge is 0.399 e. The molecular weight excluding hydrogens is 307 g/mol. The minimum atomic E-state index is -1.01. The monoisotopic (exact) mass is 322 g/mol. The van der Waals surface area contributed by atoms with Crippen molar-refractivity contribution in [1.29, 1.82) is 0 Å². The Labute approximate surface area is 125 Å². The van der Waals surface area contributed by atoms with Gasteiger partial charge in [-0.25, -0.2) is 0 Å². The molecule has 0 heterocycles. The van der Waals surface area contributed by atoms with E-state index in [2.05, 4.69) is 5.32 Å². The van der Waals surface area contributed by atoms with Crippen LogP contribution in [0.1, 0.15) is 20.3 Å². The number of nitrogens with two attached hydrogens (primary N) is 1. The smallest absolute Gasteiger partial charge is 0.225 e. The normalized spacial score (nSPS) is 12.5. The maximum atomic E-state index is 11.7. The van der Waals surface area contributed by atoms with Crippen LogP contribution < -0.4 is 11.1 Å². The predicted molar refractivity (Wildman–Crippen MR) is 82.3 cm³/mol. The van der Waals surface area contributed by atoms with Gasteiger partial charge in [-0.15, -0.1) is 0 Å². The van der Waals surface area contributed by atoms with Crippen LogP contribution in [0.4, 0.5) is 11.4 Å². The molecule has 1 unspecified atom stereocenters. The first-order valence-electron chi connectivity index (χ1n) is 5.72. The van der Waals surface area contributed by atoms with E-state index in [1.165, 1.54) is 12.1 Å². The molecule has 1 rings (SSSR count). The Kier molecular flexibility index (Phi) is 6.10. The third-order valence-electron chi connectivity index (χ3n) is 2.38. The Balaban J connectivity index is 2.65. The van der Waals surface area contributed by atoms with Gasteiger partial charge in [-0.2, -0.15) is 0 Å². The van der Waals surface area contributed by atoms with Crippen LogP contribution in [0.5, 0.6) is 0 Å². The highest BCUT2D eigenvalue weighted by Gasteiger charge is 2.13. The summed E-state index contributed by atoms with van der Waals surface area (Å²) >= 11 is 11.9. The van der Waals surface area contributed by atoms with Gasteiger partial charge in [0, 0.05) is 33.9 Å². The molecule has 0 spiro atoms. The Morgan fingerprint density at radius 2 is 1.89 bits per heavy atom. The number of amides is 1. The van der Waals surface area contributed by atoms with Crippen LogP contribution >= 0.6 is 23.2 Å². The van der Waals surface area contributed by atoms with E-state index in [1.54, 1.807) is 0 Å². The molecule has 0 bridgehead atoms. The average molecular weight is 323 g/mol. The zero-order valence-corrected chi connectivity index (χ0v) is 13.0. The number of nitrogens with one attached hydrogen (secondary N) is 1. The lowest BCUT2D eigenvalue weighted by atomic mass is 10.2. The summed E-state index contributed by atoms with van der Waals surface area (Å²) in [6.45, 7) is 3.70. The van der Waals surface area contributed by atoms with Crippen LogP contribution in [0.15, 0.2) is 12.1 Å². The van der Waals surface area contributed by atoms with Crippen molar-refractivity contribution in [3.05, 3.63) is 22.2 Å². The fourth-order valence-corrected chi connectivity index (χ4v) is 2.80. The summed E-state index contributed by atoms with van der Waals surface area (Å²) in [7, 11) is -1.01. The van der Waals surface area contributed by atoms with Crippen molar-refractivity contribution in [2.45, 2.75) is 25.5 Å². The maximum absolute atomic E-state index is 11.7. The summed E-state index contributed by atoms with van der Waals surface area (Å²) in [6.07, 6.45) is 0.155. The SMILES string of the molecule is CC(C)S(=O)CCC(=O)Nc1c(Cl)cc(N)cc1Cl. The van der Waals surface area contributed by atoms with Crippen LogP contribution in [0.25, 0.3) is 0 Å². The number of nitrogen functional groups attached to an aromatic ring is 1. The van der Waals surface area contributed by atoms with Crippen molar-refractivity contribution < 1.29 is 9.00 Å². The molecule has 106 valence electrons. The lowest BCUT2D eigenvalue weighted by Gasteiger charge is -2.10. The lowest BCUT2D eigenvalue weighted by Crippen LogP contribution is -2.18. The predicted octanol–water partition coefficient (Wildman–Crippen LogP) is 3.06. The third-order valence-corrected chi connectivity index (χ3v) is 4.64. The molecule has 0 aliphatic heterocycles. The molecule has 0 saturated carbocycles. The lowest BCUT2D eigenvalue weighted by molar-refractivity contribution is -0.115. The molecule has 1 atom stereocenters. The molecule has 0 saturated heterocycles. The zero-order valence-electron chi connectivity index (χ0n) is 10.7. The average Bonchev–Trinajstić information content (AvgIpc) is 2.30. The maximum Gasteiger partial charge on any atom is 0.225 e. The topological polar surface area (TPSA) is 72.2 Å². The van der Waals surface area contributed by atoms with Crippen LogP contribution in [-0.4, -0.2) is 21.1 Å². The molecule has 1 aromatic rings. The number of halogens is 2. The highest BCUT2D eigenvalue weighted by molar-refractivity contribution is 7.85. The number of hydrogen-bond acceptors (Lipinski definition) is 3. The van der Waals surface area contributed by atoms with E-state index < -0.39 is 10.8 Å². The van der Waals surface area contributed by atoms with Gasteiger partial charge in [0.1, 0.15) is 0 Å². The number of anilines is 2. The van der Waals surface area contributed by atoms with E-state index >= 15 is 0 Å². The van der Waals surface area contributed by atoms with Crippen molar-refractivity contribution in [2.24, 2.45) is 0 Å². The van der Waals surface area contributed by atoms with Gasteiger partial charge in [-0.05, 0) is 12.1 Å². The Morgan fingerprint density at radius 3 is 2.37 bits per heavy atom. The minimum absolute atomic E-state index is 0.0384. The van der Waals surface area contributed by atoms with Gasteiger partial charge in [0.25, 0.3) is 0 Å². The molecule has 0 radical (unpaired) electrons. The van der Waals surface area contributed by atoms with Gasteiger partial charge >= 0.3 is 0 Å². The van der Waals surface area contributed by atoms with Gasteiger partial charge in [0.05, 0.1) is 15.7 Å². The Hall–Kier alpha value is -0.780. The number of carbonyl (C=O) groups excluding carboxylic acids is 1. The van der Waals surface area contributed by atoms with Crippen molar-refractivity contribution in [3.8, 4) is 0 Å². The van der Waals surface area contributed by atoms with Gasteiger partial charge in [-0.3, -0.25) is 9.00 Å². The fraction of sp³-hybridized carbons (Fsp3) is 0.417. The van der Waals surface area contributed by atoms with E-state index in [4.69, 9.17) is 28.9 Å². The van der Waals surface area contributed by atoms with Gasteiger partial charge in [-0.1, -0.05) is 37.0 Å². The molecule has 0 aliphatic carbocycles. The van der Waals surface area contributed by atoms with E-state index in [0.717, 1.165) is 0 Å². The standard InChI is InChI=1S/C12H16Cl2N2O2S/c1-7(2)19(18)4-3-11(17)16-12-9(13)5-8(15)6-10(12)14/h5-7H,3-4,15H2,1-2H3,(H,16,17). The number of hydrogen-bond donors (Lipinski definition) is 2. The molecule has 7 heteroatoms. The van der Waals surface area contributed by atoms with Crippen LogP contribution in [0, 0.1) is 0 Å². The van der Waals surface area contributed by atoms with Crippen molar-refractivity contribution in [3.63, 3.8) is 0 Å². The molecule has 0 aromatic heterocycles. The molecular formula is C12H16Cl2N2O2S. The van der Waals surface area contributed by atoms with Crippen molar-refractivity contribution in [2.75, 3.05) is 16.8 Å². The summed E-state index contributed by atoms with van der Waals surface area (Å²) in [5.74, 6) is 0.0378. The van der Waals surface area contributed by atoms with Crippen molar-refractivity contribution in [1.82, 2.24) is 0 Å². The van der Waals surface area contributed by atoms with E-state index in [0.29, 0.717) is 17.1 Å². The first kappa shape index (κ1) is 16.3. The molecule has 4 nitrogen and oxygen atoms in total. The summed E-state index contributed by atoms with van der Waals surface area (Å²) in [5, 5.41) is 3.21. The summed E-state index contributed by atoms with van der Waals surface area (Å²) < 4.78 is 11.5. The molecule has 0 fully saturated rings. The second kappa shape index (κ2) is 7.12. The molecule has 1 amide bonds. The number of carbonyl (C=O) groups is 1. The van der Waals surface area contributed by atoms with E-state index in [1.807, 2.05) is 13.8 Å². The Morgan fingerprint density at radius 1 is 1.37 bits per heavy atom. The fourth-order valence-electron chi connectivity index (χ4n) is 1.34. The molecule has 0 aliphatic rings. The van der Waals surface area contributed by atoms with Crippen LogP contribution in [0.2, 0.25) is 10.0 Å². The first-order valence-corrected chi connectivity index (χ1v) is 7.86. The first-order chi connectivity index (χ1) is 8.81. The molecule has 1 aromatic carbocycles. The van der Waals surface area contributed by atoms with E-state index in [9.17, 15) is 9.00 Å². The molecule has 3 N–H and O–H groups in total. The second-order valence-electron chi connectivity index (χ2n) is 4.29. The summed E-state index contributed by atoms with van der Waals surface area (Å²) in [5.41, 5.74) is 6.33. The van der Waals surface area contributed by atoms with Crippen LogP contribution in [0.3, 0.4) is 0 Å². The van der Waals surface area contributed by atoms with Crippen LogP contribution in [-0.2, 0) is 15.6 Å². The van der Waals surface area contributed by atoms with Gasteiger partial charge in [0.15, 0.2) is 0 Å². The second-order valence-corrected chi connectivity index (χ2v) is 7.22. The highest BCUT2D eigenvalue weighted by Crippen LogP contribution is 2.32. The Bertz CT molecular complexity index is 483. The highest BCUT2D eigenvalue weighted by atomic mass is 35.5. The molecule has 19 heavy (non-hydrogen) atoms. The van der Waals surface area contributed by atoms with Gasteiger partial charge in [0.2, 0.25) is 5.91 Å². The minimum Gasteiger partial charge on any atom is -0.399 e. The third kappa shape index (κ3) is 5.01. The number of rotatable bonds is 5. The summed E-state index contributed by atoms with van der Waals surface area (Å²) in [6, 6.07) is 3.02. The number of benzene rings is 1. The summed E-state index contributed by atoms with van der Waals surface area (Å²) in [4.78, 5) is 11.7.